The van der Waals surface area contributed by atoms with Crippen LogP contribution in [0.1, 0.15) is 53.9 Å². The van der Waals surface area contributed by atoms with E-state index in [0.29, 0.717) is 29.1 Å². The fourth-order valence-electron chi connectivity index (χ4n) is 4.48. The number of fused-ring (bicyclic) bond motifs is 1. The van der Waals surface area contributed by atoms with E-state index in [9.17, 15) is 19.5 Å². The summed E-state index contributed by atoms with van der Waals surface area (Å²) < 4.78 is 0. The highest BCUT2D eigenvalue weighted by Gasteiger charge is 2.38. The van der Waals surface area contributed by atoms with E-state index in [1.54, 1.807) is 0 Å². The highest BCUT2D eigenvalue weighted by molar-refractivity contribution is 7.17. The van der Waals surface area contributed by atoms with Gasteiger partial charge in [0.25, 0.3) is 5.91 Å². The first-order valence-electron chi connectivity index (χ1n) is 10.5. The van der Waals surface area contributed by atoms with Crippen LogP contribution in [0.3, 0.4) is 0 Å². The van der Waals surface area contributed by atoms with Crippen molar-refractivity contribution in [3.8, 4) is 0 Å². The Labute approximate surface area is 185 Å². The Morgan fingerprint density at radius 2 is 1.65 bits per heavy atom. The fourth-order valence-corrected chi connectivity index (χ4v) is 5.77. The predicted molar refractivity (Wildman–Crippen MR) is 122 cm³/mol. The summed E-state index contributed by atoms with van der Waals surface area (Å²) in [4.78, 5) is 39.2. The number of amides is 2. The first-order valence-corrected chi connectivity index (χ1v) is 11.4. The maximum atomic E-state index is 13.2. The monoisotopic (exact) mass is 438 g/mol. The van der Waals surface area contributed by atoms with Gasteiger partial charge in [0.15, 0.2) is 0 Å². The molecule has 0 spiro atoms. The quantitative estimate of drug-likeness (QED) is 0.580. The van der Waals surface area contributed by atoms with Gasteiger partial charge in [-0.05, 0) is 63.6 Å². The van der Waals surface area contributed by atoms with E-state index in [0.717, 1.165) is 40.8 Å². The maximum absolute atomic E-state index is 13.2. The molecule has 4 rings (SSSR count). The Kier molecular flexibility index (Phi) is 5.96. The van der Waals surface area contributed by atoms with Gasteiger partial charge in [-0.1, -0.05) is 29.3 Å². The van der Waals surface area contributed by atoms with Gasteiger partial charge in [-0.25, -0.2) is 0 Å². The summed E-state index contributed by atoms with van der Waals surface area (Å²) in [5.74, 6) is -2.93. The zero-order valence-corrected chi connectivity index (χ0v) is 18.5. The lowest BCUT2D eigenvalue weighted by Crippen LogP contribution is -2.36. The number of rotatable bonds is 5. The Morgan fingerprint density at radius 1 is 0.968 bits per heavy atom. The molecular weight excluding hydrogens is 412 g/mol. The zero-order chi connectivity index (χ0) is 22.1. The van der Waals surface area contributed by atoms with Gasteiger partial charge in [0, 0.05) is 10.6 Å². The van der Waals surface area contributed by atoms with Crippen LogP contribution in [-0.2, 0) is 22.4 Å². The van der Waals surface area contributed by atoms with Gasteiger partial charge < -0.3 is 15.7 Å². The lowest BCUT2D eigenvalue weighted by molar-refractivity contribution is -0.146. The third-order valence-electron chi connectivity index (χ3n) is 6.34. The average molecular weight is 439 g/mol. The van der Waals surface area contributed by atoms with Crippen molar-refractivity contribution in [3.63, 3.8) is 0 Å². The molecule has 2 amide bonds. The number of anilines is 2. The minimum absolute atomic E-state index is 0.244. The van der Waals surface area contributed by atoms with Crippen LogP contribution in [0.25, 0.3) is 0 Å². The van der Waals surface area contributed by atoms with Gasteiger partial charge in [-0.15, -0.1) is 11.3 Å². The summed E-state index contributed by atoms with van der Waals surface area (Å²) in [5, 5.41) is 16.0. The summed E-state index contributed by atoms with van der Waals surface area (Å²) in [6, 6.07) is 9.22. The number of aryl methyl sites for hydroxylation is 1. The molecule has 1 aromatic carbocycles. The molecule has 2 aromatic rings. The average Bonchev–Trinajstić information content (AvgIpc) is 3.30. The largest absolute Gasteiger partial charge is 0.481 e. The fraction of sp³-hybridized carbons (Fsp3) is 0.375. The van der Waals surface area contributed by atoms with Crippen LogP contribution in [-0.4, -0.2) is 22.9 Å². The standard InChI is InChI=1S/C24H26N2O4S/c1-13-11-17(18(24(29)30)12-14(13)2)21(27)26-23-20(16-9-6-10-19(16)31-23)22(28)25-15-7-4-3-5-8-15/h3-5,7-8,17-18H,6,9-12H2,1-2H3,(H,25,28)(H,26,27)(H,29,30)/t17-,18-/m0/s1. The lowest BCUT2D eigenvalue weighted by atomic mass is 9.76. The van der Waals surface area contributed by atoms with Crippen LogP contribution in [0.5, 0.6) is 0 Å². The highest BCUT2D eigenvalue weighted by atomic mass is 32.1. The van der Waals surface area contributed by atoms with Crippen LogP contribution in [0.2, 0.25) is 0 Å². The van der Waals surface area contributed by atoms with Crippen LogP contribution < -0.4 is 10.6 Å². The van der Waals surface area contributed by atoms with Crippen LogP contribution in [0.4, 0.5) is 10.7 Å². The molecule has 7 heteroatoms. The van der Waals surface area contributed by atoms with Crippen molar-refractivity contribution in [1.82, 2.24) is 0 Å². The van der Waals surface area contributed by atoms with E-state index in [-0.39, 0.29) is 11.8 Å². The van der Waals surface area contributed by atoms with Crippen LogP contribution in [0.15, 0.2) is 41.5 Å². The number of carboxylic acids is 1. The Hall–Kier alpha value is -2.93. The molecule has 2 aliphatic carbocycles. The molecule has 0 radical (unpaired) electrons. The summed E-state index contributed by atoms with van der Waals surface area (Å²) in [6.07, 6.45) is 3.49. The SMILES string of the molecule is CC1=C(C)C[C@H](C(=O)Nc2sc3c(c2C(=O)Nc2ccccc2)CCC3)[C@@H](C(=O)O)C1. The predicted octanol–water partition coefficient (Wildman–Crippen LogP) is 4.87. The van der Waals surface area contributed by atoms with Gasteiger partial charge in [-0.3, -0.25) is 14.4 Å². The number of benzene rings is 1. The second kappa shape index (κ2) is 8.67. The molecule has 0 fully saturated rings. The van der Waals surface area contributed by atoms with Crippen molar-refractivity contribution >= 4 is 39.8 Å². The normalized spacial score (nSPS) is 20.3. The molecule has 31 heavy (non-hydrogen) atoms. The Balaban J connectivity index is 1.61. The third kappa shape index (κ3) is 4.28. The Morgan fingerprint density at radius 3 is 2.32 bits per heavy atom. The minimum atomic E-state index is -0.956. The number of thiophene rings is 1. The van der Waals surface area contributed by atoms with Crippen molar-refractivity contribution < 1.29 is 19.5 Å². The smallest absolute Gasteiger partial charge is 0.307 e. The first kappa shape index (κ1) is 21.3. The summed E-state index contributed by atoms with van der Waals surface area (Å²) >= 11 is 1.44. The third-order valence-corrected chi connectivity index (χ3v) is 7.54. The summed E-state index contributed by atoms with van der Waals surface area (Å²) in [6.45, 7) is 3.88. The number of hydrogen-bond acceptors (Lipinski definition) is 4. The molecule has 0 saturated carbocycles. The zero-order valence-electron chi connectivity index (χ0n) is 17.7. The number of allylic oxidation sites excluding steroid dienone is 2. The van der Waals surface area contributed by atoms with E-state index in [2.05, 4.69) is 10.6 Å². The van der Waals surface area contributed by atoms with Crippen LogP contribution >= 0.6 is 11.3 Å². The van der Waals surface area contributed by atoms with E-state index in [4.69, 9.17) is 0 Å². The molecule has 0 bridgehead atoms. The number of aliphatic carboxylic acids is 1. The number of nitrogens with one attached hydrogen (secondary N) is 2. The van der Waals surface area contributed by atoms with Crippen molar-refractivity contribution in [2.24, 2.45) is 11.8 Å². The van der Waals surface area contributed by atoms with Crippen molar-refractivity contribution in [2.45, 2.75) is 46.0 Å². The van der Waals surface area contributed by atoms with E-state index >= 15 is 0 Å². The van der Waals surface area contributed by atoms with E-state index in [1.807, 2.05) is 44.2 Å². The van der Waals surface area contributed by atoms with Gasteiger partial charge >= 0.3 is 5.97 Å². The summed E-state index contributed by atoms with van der Waals surface area (Å²) in [5.41, 5.74) is 4.31. The van der Waals surface area contributed by atoms with E-state index in [1.165, 1.54) is 11.3 Å². The molecule has 0 aliphatic heterocycles. The van der Waals surface area contributed by atoms with Gasteiger partial charge in [0.05, 0.1) is 17.4 Å². The molecule has 6 nitrogen and oxygen atoms in total. The molecule has 3 N–H and O–H groups in total. The van der Waals surface area contributed by atoms with Gasteiger partial charge in [0.2, 0.25) is 5.91 Å². The molecule has 2 atom stereocenters. The number of carbonyl (C=O) groups is 3. The molecule has 1 aromatic heterocycles. The van der Waals surface area contributed by atoms with Crippen molar-refractivity contribution in [2.75, 3.05) is 10.6 Å². The number of hydrogen-bond donors (Lipinski definition) is 3. The molecule has 0 saturated heterocycles. The van der Waals surface area contributed by atoms with Gasteiger partial charge in [-0.2, -0.15) is 0 Å². The maximum Gasteiger partial charge on any atom is 0.307 e. The second-order valence-electron chi connectivity index (χ2n) is 8.39. The van der Waals surface area contributed by atoms with Crippen molar-refractivity contribution in [3.05, 3.63) is 57.5 Å². The van der Waals surface area contributed by atoms with Crippen molar-refractivity contribution in [1.29, 1.82) is 0 Å². The number of carbonyl (C=O) groups excluding carboxylic acids is 2. The highest BCUT2D eigenvalue weighted by Crippen LogP contribution is 2.41. The van der Waals surface area contributed by atoms with Gasteiger partial charge in [0.1, 0.15) is 5.00 Å². The topological polar surface area (TPSA) is 95.5 Å². The van der Waals surface area contributed by atoms with Crippen LogP contribution in [0, 0.1) is 11.8 Å². The molecule has 0 unspecified atom stereocenters. The lowest BCUT2D eigenvalue weighted by Gasteiger charge is -2.29. The minimum Gasteiger partial charge on any atom is -0.481 e. The second-order valence-corrected chi connectivity index (χ2v) is 9.50. The first-order chi connectivity index (χ1) is 14.8. The number of carboxylic acid groups (broad SMARTS) is 1. The Bertz CT molecular complexity index is 1070. The molecule has 1 heterocycles. The molecule has 2 aliphatic rings. The summed E-state index contributed by atoms with van der Waals surface area (Å²) in [7, 11) is 0. The van der Waals surface area contributed by atoms with E-state index < -0.39 is 17.8 Å². The molecular formula is C24H26N2O4S. The number of para-hydroxylation sites is 1. The molecule has 162 valence electrons.